The molecule has 1 N–H and O–H groups in total. The van der Waals surface area contributed by atoms with E-state index < -0.39 is 0 Å². The van der Waals surface area contributed by atoms with Gasteiger partial charge in [-0.3, -0.25) is 14.9 Å². The number of amides is 1. The lowest BCUT2D eigenvalue weighted by Gasteiger charge is -2.31. The Morgan fingerprint density at radius 1 is 1.34 bits per heavy atom. The Labute approximate surface area is 166 Å². The number of halogens is 1. The van der Waals surface area contributed by atoms with Crippen LogP contribution in [0.3, 0.4) is 0 Å². The first-order valence-electron chi connectivity index (χ1n) is 9.28. The second-order valence-electron chi connectivity index (χ2n) is 6.58. The molecule has 0 aliphatic carbocycles. The number of benzene rings is 1. The number of nitrogens with one attached hydrogen (secondary N) is 1. The summed E-state index contributed by atoms with van der Waals surface area (Å²) in [7, 11) is 0. The lowest BCUT2D eigenvalue weighted by atomic mass is 10.1. The predicted molar refractivity (Wildman–Crippen MR) is 101 cm³/mol. The predicted octanol–water partition coefficient (Wildman–Crippen LogP) is 2.17. The first-order chi connectivity index (χ1) is 14.2. The third-order valence-corrected chi connectivity index (χ3v) is 4.55. The molecule has 1 atom stereocenters. The van der Waals surface area contributed by atoms with Crippen molar-refractivity contribution in [1.82, 2.24) is 25.1 Å². The van der Waals surface area contributed by atoms with Crippen molar-refractivity contribution in [3.63, 3.8) is 0 Å². The van der Waals surface area contributed by atoms with E-state index >= 15 is 0 Å². The van der Waals surface area contributed by atoms with E-state index in [-0.39, 0.29) is 17.8 Å². The van der Waals surface area contributed by atoms with Gasteiger partial charge in [-0.2, -0.15) is 5.10 Å². The Bertz CT molecular complexity index is 966. The van der Waals surface area contributed by atoms with Crippen LogP contribution in [-0.2, 0) is 11.2 Å². The molecule has 150 valence electrons. The van der Waals surface area contributed by atoms with Crippen LogP contribution in [0.15, 0.2) is 48.9 Å². The largest absolute Gasteiger partial charge is 0.493 e. The highest BCUT2D eigenvalue weighted by Crippen LogP contribution is 2.22. The Morgan fingerprint density at radius 2 is 2.28 bits per heavy atom. The van der Waals surface area contributed by atoms with Crippen LogP contribution in [0.2, 0.25) is 0 Å². The zero-order valence-corrected chi connectivity index (χ0v) is 15.6. The molecule has 1 aromatic carbocycles. The average Bonchev–Trinajstić information content (AvgIpc) is 3.23. The van der Waals surface area contributed by atoms with E-state index in [2.05, 4.69) is 20.2 Å². The smallest absolute Gasteiger partial charge is 0.274 e. The molecule has 0 spiro atoms. The molecule has 1 fully saturated rings. The number of nitrogens with zero attached hydrogens (tertiary/aromatic N) is 4. The number of rotatable bonds is 6. The van der Waals surface area contributed by atoms with E-state index in [1.54, 1.807) is 17.0 Å². The molecule has 2 aromatic heterocycles. The molecule has 1 saturated heterocycles. The summed E-state index contributed by atoms with van der Waals surface area (Å²) in [5.74, 6) is -0.0227. The lowest BCUT2D eigenvalue weighted by molar-refractivity contribution is -0.0249. The highest BCUT2D eigenvalue weighted by atomic mass is 19.1. The number of aromatic nitrogens is 4. The van der Waals surface area contributed by atoms with Gasteiger partial charge >= 0.3 is 0 Å². The maximum atomic E-state index is 13.2. The van der Waals surface area contributed by atoms with Gasteiger partial charge in [0.1, 0.15) is 23.4 Å². The van der Waals surface area contributed by atoms with Crippen molar-refractivity contribution < 1.29 is 18.7 Å². The van der Waals surface area contributed by atoms with Crippen LogP contribution >= 0.6 is 0 Å². The van der Waals surface area contributed by atoms with Gasteiger partial charge in [-0.05, 0) is 18.2 Å². The highest BCUT2D eigenvalue weighted by Gasteiger charge is 2.28. The fourth-order valence-corrected chi connectivity index (χ4v) is 3.09. The molecular weight excluding hydrogens is 377 g/mol. The molecule has 1 amide bonds. The number of carbonyl (C=O) groups excluding carboxylic acids is 1. The van der Waals surface area contributed by atoms with Crippen molar-refractivity contribution in [2.75, 3.05) is 26.3 Å². The number of carbonyl (C=O) groups is 1. The molecule has 8 nitrogen and oxygen atoms in total. The zero-order chi connectivity index (χ0) is 20.1. The molecule has 1 aliphatic heterocycles. The van der Waals surface area contributed by atoms with Gasteiger partial charge in [-0.25, -0.2) is 9.37 Å². The molecule has 9 heteroatoms. The van der Waals surface area contributed by atoms with E-state index in [9.17, 15) is 9.18 Å². The monoisotopic (exact) mass is 397 g/mol. The summed E-state index contributed by atoms with van der Waals surface area (Å²) in [6.07, 6.45) is 4.74. The average molecular weight is 397 g/mol. The summed E-state index contributed by atoms with van der Waals surface area (Å²) in [6, 6.07) is 7.93. The minimum absolute atomic E-state index is 0.175. The second kappa shape index (κ2) is 8.78. The van der Waals surface area contributed by atoms with Crippen LogP contribution < -0.4 is 4.74 Å². The van der Waals surface area contributed by atoms with Gasteiger partial charge in [0, 0.05) is 37.1 Å². The van der Waals surface area contributed by atoms with Crippen LogP contribution in [0.25, 0.3) is 0 Å². The van der Waals surface area contributed by atoms with Crippen LogP contribution in [0, 0.1) is 5.82 Å². The summed E-state index contributed by atoms with van der Waals surface area (Å²) in [4.78, 5) is 22.3. The van der Waals surface area contributed by atoms with Crippen LogP contribution in [0.5, 0.6) is 5.75 Å². The number of morpholine rings is 1. The Hall–Kier alpha value is -3.33. The number of aromatic amines is 1. The van der Waals surface area contributed by atoms with E-state index in [4.69, 9.17) is 9.47 Å². The third-order valence-electron chi connectivity index (χ3n) is 4.55. The van der Waals surface area contributed by atoms with Gasteiger partial charge < -0.3 is 14.4 Å². The van der Waals surface area contributed by atoms with E-state index in [1.165, 1.54) is 30.7 Å². The number of hydrogen-bond acceptors (Lipinski definition) is 6. The van der Waals surface area contributed by atoms with Crippen molar-refractivity contribution in [3.8, 4) is 5.75 Å². The molecule has 0 unspecified atom stereocenters. The Balaban J connectivity index is 1.33. The molecule has 29 heavy (non-hydrogen) atoms. The number of hydrogen-bond donors (Lipinski definition) is 1. The second-order valence-corrected chi connectivity index (χ2v) is 6.58. The molecule has 4 rings (SSSR count). The SMILES string of the molecule is O=C(c1cnccn1)N1CCO[C@H](c2cc(CCOc3cccc(F)c3)[nH]n2)C1. The zero-order valence-electron chi connectivity index (χ0n) is 15.6. The molecule has 3 heterocycles. The van der Waals surface area contributed by atoms with Crippen LogP contribution in [0.4, 0.5) is 4.39 Å². The standard InChI is InChI=1S/C20H20FN5O3/c21-14-2-1-3-16(10-14)28-8-4-15-11-17(25-24-15)19-13-26(7-9-29-19)20(27)18-12-22-5-6-23-18/h1-3,5-6,10-12,19H,4,7-9,13H2,(H,24,25)/t19-/m0/s1. The van der Waals surface area contributed by atoms with Crippen molar-refractivity contribution in [1.29, 1.82) is 0 Å². The normalized spacial score (nSPS) is 16.6. The molecule has 3 aromatic rings. The van der Waals surface area contributed by atoms with Gasteiger partial charge in [-0.15, -0.1) is 0 Å². The maximum Gasteiger partial charge on any atom is 0.274 e. The number of H-pyrrole nitrogens is 1. The Kier molecular flexibility index (Phi) is 5.76. The fourth-order valence-electron chi connectivity index (χ4n) is 3.09. The van der Waals surface area contributed by atoms with E-state index in [0.29, 0.717) is 44.2 Å². The molecule has 1 aliphatic rings. The minimum Gasteiger partial charge on any atom is -0.493 e. The summed E-state index contributed by atoms with van der Waals surface area (Å²) in [5, 5.41) is 7.28. The van der Waals surface area contributed by atoms with Gasteiger partial charge in [0.25, 0.3) is 5.91 Å². The minimum atomic E-state index is -0.332. The highest BCUT2D eigenvalue weighted by molar-refractivity contribution is 5.92. The molecule has 0 saturated carbocycles. The molecule has 0 radical (unpaired) electrons. The van der Waals surface area contributed by atoms with Gasteiger partial charge in [0.15, 0.2) is 0 Å². The van der Waals surface area contributed by atoms with Gasteiger partial charge in [0.2, 0.25) is 0 Å². The summed E-state index contributed by atoms with van der Waals surface area (Å²) in [6.45, 7) is 1.68. The fraction of sp³-hybridized carbons (Fsp3) is 0.300. The van der Waals surface area contributed by atoms with Crippen molar-refractivity contribution >= 4 is 5.91 Å². The van der Waals surface area contributed by atoms with Gasteiger partial charge in [0.05, 0.1) is 31.6 Å². The van der Waals surface area contributed by atoms with Gasteiger partial charge in [-0.1, -0.05) is 6.07 Å². The first kappa shape index (κ1) is 19.0. The molecular formula is C20H20FN5O3. The first-order valence-corrected chi connectivity index (χ1v) is 9.28. The topological polar surface area (TPSA) is 93.2 Å². The number of ether oxygens (including phenoxy) is 2. The third kappa shape index (κ3) is 4.75. The summed E-state index contributed by atoms with van der Waals surface area (Å²) in [5.41, 5.74) is 1.91. The summed E-state index contributed by atoms with van der Waals surface area (Å²) < 4.78 is 24.5. The van der Waals surface area contributed by atoms with E-state index in [0.717, 1.165) is 11.4 Å². The summed E-state index contributed by atoms with van der Waals surface area (Å²) >= 11 is 0. The molecule has 0 bridgehead atoms. The van der Waals surface area contributed by atoms with Crippen molar-refractivity contribution in [3.05, 3.63) is 71.8 Å². The van der Waals surface area contributed by atoms with E-state index in [1.807, 2.05) is 6.07 Å². The van der Waals surface area contributed by atoms with Crippen LogP contribution in [-0.4, -0.2) is 57.3 Å². The Morgan fingerprint density at radius 3 is 3.10 bits per heavy atom. The maximum absolute atomic E-state index is 13.2. The van der Waals surface area contributed by atoms with Crippen molar-refractivity contribution in [2.24, 2.45) is 0 Å². The lowest BCUT2D eigenvalue weighted by Crippen LogP contribution is -2.42. The quantitative estimate of drug-likeness (QED) is 0.685. The van der Waals surface area contributed by atoms with Crippen molar-refractivity contribution in [2.45, 2.75) is 12.5 Å². The van der Waals surface area contributed by atoms with Crippen LogP contribution in [0.1, 0.15) is 28.0 Å².